The maximum Gasteiger partial charge on any atom is 0.0575 e. The Labute approximate surface area is 195 Å². The first-order valence-corrected chi connectivity index (χ1v) is 14.6. The van der Waals surface area contributed by atoms with Gasteiger partial charge in [0.05, 0.1) is 12.2 Å². The van der Waals surface area contributed by atoms with Crippen molar-refractivity contribution in [2.75, 3.05) is 13.2 Å². The molecular weight excluding hydrogens is 380 g/mol. The average Bonchev–Trinajstić information content (AvgIpc) is 3.18. The Morgan fingerprint density at radius 3 is 1.68 bits per heavy atom. The highest BCUT2D eigenvalue weighted by Crippen LogP contribution is 2.27. The molecule has 2 saturated carbocycles. The first kappa shape index (κ1) is 27.2. The van der Waals surface area contributed by atoms with E-state index in [1.807, 2.05) is 0 Å². The molecule has 0 bridgehead atoms. The van der Waals surface area contributed by atoms with Crippen LogP contribution in [0.2, 0.25) is 0 Å². The lowest BCUT2D eigenvalue weighted by atomic mass is 10.0. The van der Waals surface area contributed by atoms with E-state index in [-0.39, 0.29) is 0 Å². The summed E-state index contributed by atoms with van der Waals surface area (Å²) in [5.41, 5.74) is 0. The topological polar surface area (TPSA) is 18.5 Å². The van der Waals surface area contributed by atoms with Crippen LogP contribution in [0.15, 0.2) is 0 Å². The number of hydrogen-bond donors (Lipinski definition) is 0. The molecule has 0 aromatic carbocycles. The van der Waals surface area contributed by atoms with E-state index in [4.69, 9.17) is 9.47 Å². The third-order valence-electron chi connectivity index (χ3n) is 7.76. The molecule has 0 aromatic rings. The predicted octanol–water partition coefficient (Wildman–Crippen LogP) is 9.39. The Bertz CT molecular complexity index is 375. The molecule has 0 saturated heterocycles. The van der Waals surface area contributed by atoms with Crippen molar-refractivity contribution in [1.82, 2.24) is 0 Å². The smallest absolute Gasteiger partial charge is 0.0575 e. The van der Waals surface area contributed by atoms with Crippen LogP contribution in [0.5, 0.6) is 0 Å². The molecule has 0 aromatic heterocycles. The third kappa shape index (κ3) is 14.6. The molecule has 2 fully saturated rings. The van der Waals surface area contributed by atoms with Gasteiger partial charge in [-0.15, -0.1) is 0 Å². The molecule has 31 heavy (non-hydrogen) atoms. The van der Waals surface area contributed by atoms with E-state index in [1.54, 1.807) is 0 Å². The highest BCUT2D eigenvalue weighted by atomic mass is 16.5. The van der Waals surface area contributed by atoms with Gasteiger partial charge in [0.25, 0.3) is 0 Å². The summed E-state index contributed by atoms with van der Waals surface area (Å²) in [4.78, 5) is 0. The summed E-state index contributed by atoms with van der Waals surface area (Å²) in [5.74, 6) is 0.781. The van der Waals surface area contributed by atoms with E-state index in [0.717, 1.165) is 19.1 Å². The third-order valence-corrected chi connectivity index (χ3v) is 7.76. The Balaban J connectivity index is 1.37. The van der Waals surface area contributed by atoms with E-state index in [0.29, 0.717) is 12.2 Å². The van der Waals surface area contributed by atoms with Gasteiger partial charge >= 0.3 is 0 Å². The fourth-order valence-electron chi connectivity index (χ4n) is 5.55. The summed E-state index contributed by atoms with van der Waals surface area (Å²) in [6.45, 7) is 4.30. The van der Waals surface area contributed by atoms with E-state index < -0.39 is 0 Å². The summed E-state index contributed by atoms with van der Waals surface area (Å²) in [6, 6.07) is 0. The second-order valence-electron chi connectivity index (χ2n) is 10.7. The number of hydrogen-bond acceptors (Lipinski definition) is 2. The SMILES string of the molecule is CCCCCCCCCCCCCCOC1CCCC(COC2CCCCCC2)CC1. The molecular formula is C29H56O2. The monoisotopic (exact) mass is 436 g/mol. The molecule has 0 aliphatic heterocycles. The van der Waals surface area contributed by atoms with Gasteiger partial charge < -0.3 is 9.47 Å². The molecule has 2 atom stereocenters. The van der Waals surface area contributed by atoms with Crippen molar-refractivity contribution < 1.29 is 9.47 Å². The van der Waals surface area contributed by atoms with Crippen LogP contribution in [0, 0.1) is 5.92 Å². The predicted molar refractivity (Wildman–Crippen MR) is 135 cm³/mol. The van der Waals surface area contributed by atoms with Crippen LogP contribution >= 0.6 is 0 Å². The van der Waals surface area contributed by atoms with Gasteiger partial charge in [-0.3, -0.25) is 0 Å². The van der Waals surface area contributed by atoms with Gasteiger partial charge in [-0.25, -0.2) is 0 Å². The number of rotatable bonds is 17. The molecule has 2 unspecified atom stereocenters. The average molecular weight is 437 g/mol. The molecule has 2 aliphatic carbocycles. The number of unbranched alkanes of at least 4 members (excludes halogenated alkanes) is 11. The zero-order chi connectivity index (χ0) is 21.8. The molecule has 0 N–H and O–H groups in total. The van der Waals surface area contributed by atoms with Crippen LogP contribution in [0.4, 0.5) is 0 Å². The fourth-order valence-corrected chi connectivity index (χ4v) is 5.55. The minimum absolute atomic E-state index is 0.524. The van der Waals surface area contributed by atoms with Gasteiger partial charge in [0, 0.05) is 13.2 Å². The Morgan fingerprint density at radius 1 is 0.484 bits per heavy atom. The van der Waals surface area contributed by atoms with Crippen molar-refractivity contribution in [3.63, 3.8) is 0 Å². The van der Waals surface area contributed by atoms with Crippen molar-refractivity contribution in [3.8, 4) is 0 Å². The molecule has 0 amide bonds. The van der Waals surface area contributed by atoms with Gasteiger partial charge in [-0.2, -0.15) is 0 Å². The number of ether oxygens (including phenoxy) is 2. The van der Waals surface area contributed by atoms with Gasteiger partial charge in [-0.05, 0) is 50.9 Å². The Kier molecular flexibility index (Phi) is 17.0. The van der Waals surface area contributed by atoms with E-state index in [9.17, 15) is 0 Å². The minimum atomic E-state index is 0.524. The summed E-state index contributed by atoms with van der Waals surface area (Å²) in [5, 5.41) is 0. The molecule has 0 radical (unpaired) electrons. The minimum Gasteiger partial charge on any atom is -0.378 e. The highest BCUT2D eigenvalue weighted by Gasteiger charge is 2.21. The van der Waals surface area contributed by atoms with Crippen LogP contribution in [-0.2, 0) is 9.47 Å². The summed E-state index contributed by atoms with van der Waals surface area (Å²) in [6.07, 6.45) is 32.8. The van der Waals surface area contributed by atoms with Gasteiger partial charge in [0.1, 0.15) is 0 Å². The van der Waals surface area contributed by atoms with Crippen molar-refractivity contribution in [2.24, 2.45) is 5.92 Å². The summed E-state index contributed by atoms with van der Waals surface area (Å²) in [7, 11) is 0. The van der Waals surface area contributed by atoms with Crippen LogP contribution in [0.1, 0.15) is 155 Å². The largest absolute Gasteiger partial charge is 0.378 e. The lowest BCUT2D eigenvalue weighted by Crippen LogP contribution is -2.18. The van der Waals surface area contributed by atoms with Crippen LogP contribution in [-0.4, -0.2) is 25.4 Å². The van der Waals surface area contributed by atoms with Crippen molar-refractivity contribution in [2.45, 2.75) is 167 Å². The van der Waals surface area contributed by atoms with Gasteiger partial charge in [0.15, 0.2) is 0 Å². The van der Waals surface area contributed by atoms with Gasteiger partial charge in [-0.1, -0.05) is 110 Å². The summed E-state index contributed by atoms with van der Waals surface area (Å²) >= 11 is 0. The first-order chi connectivity index (χ1) is 15.4. The van der Waals surface area contributed by atoms with Crippen molar-refractivity contribution >= 4 is 0 Å². The van der Waals surface area contributed by atoms with E-state index in [1.165, 1.54) is 148 Å². The molecule has 2 nitrogen and oxygen atoms in total. The van der Waals surface area contributed by atoms with Crippen LogP contribution in [0.3, 0.4) is 0 Å². The lowest BCUT2D eigenvalue weighted by molar-refractivity contribution is 0.0138. The van der Waals surface area contributed by atoms with Crippen LogP contribution in [0.25, 0.3) is 0 Å². The second kappa shape index (κ2) is 19.4. The Morgan fingerprint density at radius 2 is 1.03 bits per heavy atom. The second-order valence-corrected chi connectivity index (χ2v) is 10.7. The van der Waals surface area contributed by atoms with Crippen molar-refractivity contribution in [1.29, 1.82) is 0 Å². The lowest BCUT2D eigenvalue weighted by Gasteiger charge is -2.20. The maximum absolute atomic E-state index is 6.33. The molecule has 2 aliphatic rings. The molecule has 2 rings (SSSR count). The summed E-state index contributed by atoms with van der Waals surface area (Å²) < 4.78 is 12.6. The zero-order valence-corrected chi connectivity index (χ0v) is 21.2. The quantitative estimate of drug-likeness (QED) is 0.167. The highest BCUT2D eigenvalue weighted by molar-refractivity contribution is 4.72. The molecule has 184 valence electrons. The van der Waals surface area contributed by atoms with Crippen LogP contribution < -0.4 is 0 Å². The molecule has 0 heterocycles. The molecule has 0 spiro atoms. The van der Waals surface area contributed by atoms with E-state index in [2.05, 4.69) is 6.92 Å². The maximum atomic E-state index is 6.33. The fraction of sp³-hybridized carbons (Fsp3) is 1.00. The normalized spacial score (nSPS) is 23.5. The Hall–Kier alpha value is -0.0800. The van der Waals surface area contributed by atoms with E-state index >= 15 is 0 Å². The van der Waals surface area contributed by atoms with Crippen molar-refractivity contribution in [3.05, 3.63) is 0 Å². The zero-order valence-electron chi connectivity index (χ0n) is 21.2. The first-order valence-electron chi connectivity index (χ1n) is 14.6. The standard InChI is InChI=1S/C29H56O2/c1-2-3-4-5-6-7-8-9-10-11-14-17-25-30-29-22-18-19-27(23-24-29)26-31-28-20-15-12-13-16-21-28/h27-29H,2-26H2,1H3. The molecule has 2 heteroatoms. The van der Waals surface area contributed by atoms with Gasteiger partial charge in [0.2, 0.25) is 0 Å².